The summed E-state index contributed by atoms with van der Waals surface area (Å²) in [6.07, 6.45) is -0.601. The molecule has 0 unspecified atom stereocenters. The van der Waals surface area contributed by atoms with Crippen LogP contribution in [-0.2, 0) is 9.36 Å². The van der Waals surface area contributed by atoms with Gasteiger partial charge >= 0.3 is 13.6 Å². The summed E-state index contributed by atoms with van der Waals surface area (Å²) in [6, 6.07) is 0. The SMILES string of the molecule is CN(CP(=O)(O)O)[C@@](C)(CS)C(=O)O. The highest BCUT2D eigenvalue weighted by atomic mass is 32.1. The van der Waals surface area contributed by atoms with Gasteiger partial charge in [-0.05, 0) is 14.0 Å². The maximum absolute atomic E-state index is 10.8. The Kier molecular flexibility index (Phi) is 4.61. The minimum Gasteiger partial charge on any atom is -0.480 e. The Labute approximate surface area is 87.5 Å². The Morgan fingerprint density at radius 2 is 2.00 bits per heavy atom. The Hall–Kier alpha value is -0.0700. The molecule has 0 amide bonds. The number of hydrogen-bond acceptors (Lipinski definition) is 4. The summed E-state index contributed by atoms with van der Waals surface area (Å²) in [5.41, 5.74) is -1.37. The molecule has 8 heteroatoms. The molecule has 0 aromatic rings. The van der Waals surface area contributed by atoms with Gasteiger partial charge < -0.3 is 14.9 Å². The molecule has 0 aromatic carbocycles. The predicted molar refractivity (Wildman–Crippen MR) is 54.6 cm³/mol. The van der Waals surface area contributed by atoms with Gasteiger partial charge in [-0.3, -0.25) is 14.3 Å². The highest BCUT2D eigenvalue weighted by Crippen LogP contribution is 2.36. The average Bonchev–Trinajstić information content (AvgIpc) is 1.99. The van der Waals surface area contributed by atoms with Crippen LogP contribution in [0.3, 0.4) is 0 Å². The second-order valence-corrected chi connectivity index (χ2v) is 5.17. The molecule has 0 fully saturated rings. The molecule has 84 valence electrons. The van der Waals surface area contributed by atoms with Crippen molar-refractivity contribution in [1.29, 1.82) is 0 Å². The number of likely N-dealkylation sites (N-methyl/N-ethyl adjacent to an activating group) is 1. The van der Waals surface area contributed by atoms with Gasteiger partial charge in [0.25, 0.3) is 0 Å². The third-order valence-corrected chi connectivity index (χ3v) is 3.42. The smallest absolute Gasteiger partial charge is 0.339 e. The maximum atomic E-state index is 10.8. The van der Waals surface area contributed by atoms with Gasteiger partial charge in [-0.1, -0.05) is 0 Å². The lowest BCUT2D eigenvalue weighted by Gasteiger charge is -2.33. The van der Waals surface area contributed by atoms with Crippen LogP contribution in [0.1, 0.15) is 6.92 Å². The van der Waals surface area contributed by atoms with Crippen LogP contribution in [0.15, 0.2) is 0 Å². The third kappa shape index (κ3) is 3.59. The van der Waals surface area contributed by atoms with Gasteiger partial charge in [0.2, 0.25) is 0 Å². The maximum Gasteiger partial charge on any atom is 0.339 e. The largest absolute Gasteiger partial charge is 0.480 e. The van der Waals surface area contributed by atoms with Crippen LogP contribution in [0, 0.1) is 0 Å². The summed E-state index contributed by atoms with van der Waals surface area (Å²) in [6.45, 7) is 1.36. The molecule has 0 saturated carbocycles. The van der Waals surface area contributed by atoms with Crippen LogP contribution < -0.4 is 0 Å². The zero-order chi connectivity index (χ0) is 11.6. The standard InChI is InChI=1S/C6H14NO5PS/c1-6(3-14,5(8)9)7(2)4-13(10,11)12/h14H,3-4H2,1-2H3,(H,8,9)(H2,10,11,12)/t6-/m0/s1. The molecule has 0 aliphatic rings. The highest BCUT2D eigenvalue weighted by molar-refractivity contribution is 7.80. The second kappa shape index (κ2) is 4.63. The number of carbonyl (C=O) groups is 1. The van der Waals surface area contributed by atoms with Gasteiger partial charge in [0.15, 0.2) is 0 Å². The Morgan fingerprint density at radius 3 is 2.21 bits per heavy atom. The lowest BCUT2D eigenvalue weighted by Crippen LogP contribution is -2.52. The van der Waals surface area contributed by atoms with Crippen molar-refractivity contribution in [2.24, 2.45) is 0 Å². The first-order valence-corrected chi connectivity index (χ1v) is 6.16. The molecule has 14 heavy (non-hydrogen) atoms. The molecule has 3 N–H and O–H groups in total. The van der Waals surface area contributed by atoms with Crippen molar-refractivity contribution in [3.05, 3.63) is 0 Å². The molecule has 1 atom stereocenters. The van der Waals surface area contributed by atoms with Gasteiger partial charge in [0.05, 0.1) is 0 Å². The second-order valence-electron chi connectivity index (χ2n) is 3.24. The third-order valence-electron chi connectivity index (χ3n) is 2.01. The van der Waals surface area contributed by atoms with Crippen LogP contribution in [0.4, 0.5) is 0 Å². The van der Waals surface area contributed by atoms with E-state index in [1.165, 1.54) is 14.0 Å². The first kappa shape index (κ1) is 13.9. The zero-order valence-corrected chi connectivity index (χ0v) is 9.70. The molecule has 0 spiro atoms. The van der Waals surface area contributed by atoms with Crippen molar-refractivity contribution < 1.29 is 24.3 Å². The summed E-state index contributed by atoms with van der Waals surface area (Å²) < 4.78 is 10.7. The number of nitrogens with zero attached hydrogens (tertiary/aromatic N) is 1. The van der Waals surface area contributed by atoms with Crippen molar-refractivity contribution in [2.45, 2.75) is 12.5 Å². The fraction of sp³-hybridized carbons (Fsp3) is 0.833. The Balaban J connectivity index is 4.72. The zero-order valence-electron chi connectivity index (χ0n) is 7.91. The molecule has 0 aliphatic heterocycles. The summed E-state index contributed by atoms with van der Waals surface area (Å²) in [4.78, 5) is 29.3. The monoisotopic (exact) mass is 243 g/mol. The van der Waals surface area contributed by atoms with Crippen LogP contribution >= 0.6 is 20.2 Å². The average molecular weight is 243 g/mol. The fourth-order valence-electron chi connectivity index (χ4n) is 0.784. The van der Waals surface area contributed by atoms with E-state index in [4.69, 9.17) is 14.9 Å². The minimum absolute atomic E-state index is 0.0289. The van der Waals surface area contributed by atoms with E-state index < -0.39 is 25.4 Å². The van der Waals surface area contributed by atoms with Gasteiger partial charge in [-0.25, -0.2) is 0 Å². The van der Waals surface area contributed by atoms with Crippen molar-refractivity contribution in [1.82, 2.24) is 4.90 Å². The Bertz CT molecular complexity index is 267. The summed E-state index contributed by atoms with van der Waals surface area (Å²) in [7, 11) is -2.91. The molecular weight excluding hydrogens is 229 g/mol. The van der Waals surface area contributed by atoms with Gasteiger partial charge in [-0.15, -0.1) is 0 Å². The van der Waals surface area contributed by atoms with E-state index in [-0.39, 0.29) is 5.75 Å². The molecule has 0 heterocycles. The van der Waals surface area contributed by atoms with Crippen molar-refractivity contribution >= 4 is 26.2 Å². The molecule has 0 saturated heterocycles. The minimum atomic E-state index is -4.24. The van der Waals surface area contributed by atoms with E-state index in [0.29, 0.717) is 0 Å². The van der Waals surface area contributed by atoms with E-state index >= 15 is 0 Å². The number of aliphatic carboxylic acids is 1. The van der Waals surface area contributed by atoms with E-state index in [1.807, 2.05) is 0 Å². The lowest BCUT2D eigenvalue weighted by atomic mass is 10.1. The number of hydrogen-bond donors (Lipinski definition) is 4. The van der Waals surface area contributed by atoms with E-state index in [2.05, 4.69) is 12.6 Å². The fourth-order valence-corrected chi connectivity index (χ4v) is 2.03. The molecule has 0 bridgehead atoms. The first-order chi connectivity index (χ1) is 6.13. The van der Waals surface area contributed by atoms with Crippen LogP contribution in [0.5, 0.6) is 0 Å². The molecule has 0 rings (SSSR count). The summed E-state index contributed by atoms with van der Waals surface area (Å²) >= 11 is 3.85. The van der Waals surface area contributed by atoms with Crippen LogP contribution in [-0.4, -0.2) is 50.4 Å². The van der Waals surface area contributed by atoms with E-state index in [0.717, 1.165) is 4.90 Å². The van der Waals surface area contributed by atoms with Crippen molar-refractivity contribution in [3.8, 4) is 0 Å². The number of carboxylic acid groups (broad SMARTS) is 1. The molecule has 6 nitrogen and oxygen atoms in total. The predicted octanol–water partition coefficient (Wildman–Crippen LogP) is -0.174. The van der Waals surface area contributed by atoms with Crippen LogP contribution in [0.25, 0.3) is 0 Å². The summed E-state index contributed by atoms with van der Waals surface area (Å²) in [5, 5.41) is 8.86. The first-order valence-electron chi connectivity index (χ1n) is 3.73. The molecule has 0 radical (unpaired) electrons. The van der Waals surface area contributed by atoms with Gasteiger partial charge in [0, 0.05) is 5.75 Å². The summed E-state index contributed by atoms with van der Waals surface area (Å²) in [5.74, 6) is -1.19. The molecular formula is C6H14NO5PS. The number of rotatable bonds is 5. The molecule has 0 aromatic heterocycles. The van der Waals surface area contributed by atoms with Gasteiger partial charge in [0.1, 0.15) is 11.8 Å². The number of carboxylic acids is 1. The Morgan fingerprint density at radius 1 is 1.57 bits per heavy atom. The van der Waals surface area contributed by atoms with Crippen molar-refractivity contribution in [2.75, 3.05) is 19.1 Å². The number of thiol groups is 1. The lowest BCUT2D eigenvalue weighted by molar-refractivity contribution is -0.147. The normalized spacial score (nSPS) is 16.7. The topological polar surface area (TPSA) is 98.1 Å². The van der Waals surface area contributed by atoms with Crippen LogP contribution in [0.2, 0.25) is 0 Å². The molecule has 0 aliphatic carbocycles. The van der Waals surface area contributed by atoms with E-state index in [1.54, 1.807) is 0 Å². The van der Waals surface area contributed by atoms with Gasteiger partial charge in [-0.2, -0.15) is 12.6 Å². The van der Waals surface area contributed by atoms with Crippen molar-refractivity contribution in [3.63, 3.8) is 0 Å². The quantitative estimate of drug-likeness (QED) is 0.395. The highest BCUT2D eigenvalue weighted by Gasteiger charge is 2.38. The van der Waals surface area contributed by atoms with E-state index in [9.17, 15) is 9.36 Å².